The molecule has 3 aromatic rings. The lowest BCUT2D eigenvalue weighted by Gasteiger charge is -2.19. The summed E-state index contributed by atoms with van der Waals surface area (Å²) in [6.07, 6.45) is 1.83. The number of carbonyl (C=O) groups is 1. The number of rotatable bonds is 9. The van der Waals surface area contributed by atoms with E-state index in [2.05, 4.69) is 43.4 Å². The highest BCUT2D eigenvalue weighted by Gasteiger charge is 2.13. The monoisotopic (exact) mass is 512 g/mol. The van der Waals surface area contributed by atoms with Crippen LogP contribution in [0.2, 0.25) is 10.0 Å². The summed E-state index contributed by atoms with van der Waals surface area (Å²) >= 11 is 12.2. The van der Waals surface area contributed by atoms with Gasteiger partial charge >= 0.3 is 0 Å². The maximum absolute atomic E-state index is 12.3. The standard InChI is InChI=1S/C28H30Cl2N2O3/c1-5-34-26-14-20(8-13-25(26)35-18-21-9-12-23(29)16-24(21)30)17-31-32-27(33)15-19-6-10-22(11-7-19)28(2,3)4/h6-14,16-17H,5,15,18H2,1-4H3,(H,32,33)/b31-17-. The van der Waals surface area contributed by atoms with Crippen molar-refractivity contribution >= 4 is 35.3 Å². The summed E-state index contributed by atoms with van der Waals surface area (Å²) in [4.78, 5) is 12.3. The Morgan fingerprint density at radius 1 is 0.971 bits per heavy atom. The smallest absolute Gasteiger partial charge is 0.244 e. The molecule has 7 heteroatoms. The van der Waals surface area contributed by atoms with Gasteiger partial charge in [0.15, 0.2) is 11.5 Å². The van der Waals surface area contributed by atoms with Crippen molar-refractivity contribution in [1.82, 2.24) is 5.43 Å². The van der Waals surface area contributed by atoms with Gasteiger partial charge in [-0.2, -0.15) is 5.10 Å². The molecule has 1 N–H and O–H groups in total. The molecule has 0 aliphatic heterocycles. The normalized spacial score (nSPS) is 11.5. The third-order valence-electron chi connectivity index (χ3n) is 5.25. The maximum atomic E-state index is 12.3. The molecular formula is C28H30Cl2N2O3. The van der Waals surface area contributed by atoms with Crippen LogP contribution in [0.25, 0.3) is 0 Å². The molecule has 0 aliphatic carbocycles. The third kappa shape index (κ3) is 8.01. The average Bonchev–Trinajstić information content (AvgIpc) is 2.79. The van der Waals surface area contributed by atoms with Gasteiger partial charge in [0.05, 0.1) is 19.2 Å². The molecule has 0 saturated heterocycles. The molecule has 1 amide bonds. The SMILES string of the molecule is CCOc1cc(/C=N\NC(=O)Cc2ccc(C(C)(C)C)cc2)ccc1OCc1ccc(Cl)cc1Cl. The van der Waals surface area contributed by atoms with Crippen molar-refractivity contribution in [2.75, 3.05) is 6.61 Å². The van der Waals surface area contributed by atoms with E-state index in [9.17, 15) is 4.79 Å². The molecule has 0 aromatic heterocycles. The summed E-state index contributed by atoms with van der Waals surface area (Å²) in [6, 6.07) is 18.8. The Bertz CT molecular complexity index is 1190. The zero-order valence-electron chi connectivity index (χ0n) is 20.4. The van der Waals surface area contributed by atoms with Crippen LogP contribution in [0, 0.1) is 0 Å². The van der Waals surface area contributed by atoms with Crippen molar-refractivity contribution in [3.05, 3.63) is 93.0 Å². The van der Waals surface area contributed by atoms with Crippen molar-refractivity contribution in [3.8, 4) is 11.5 Å². The van der Waals surface area contributed by atoms with Crippen molar-refractivity contribution in [2.45, 2.75) is 46.1 Å². The highest BCUT2D eigenvalue weighted by molar-refractivity contribution is 6.35. The third-order valence-corrected chi connectivity index (χ3v) is 5.84. The van der Waals surface area contributed by atoms with E-state index >= 15 is 0 Å². The van der Waals surface area contributed by atoms with E-state index in [4.69, 9.17) is 32.7 Å². The van der Waals surface area contributed by atoms with Gasteiger partial charge in [-0.1, -0.05) is 74.3 Å². The summed E-state index contributed by atoms with van der Waals surface area (Å²) in [7, 11) is 0. The highest BCUT2D eigenvalue weighted by atomic mass is 35.5. The molecule has 0 radical (unpaired) electrons. The predicted molar refractivity (Wildman–Crippen MR) is 143 cm³/mol. The largest absolute Gasteiger partial charge is 0.490 e. The Labute approximate surface area is 217 Å². The molecule has 0 spiro atoms. The first-order chi connectivity index (χ1) is 16.7. The number of carbonyl (C=O) groups excluding carboxylic acids is 1. The Morgan fingerprint density at radius 3 is 2.37 bits per heavy atom. The lowest BCUT2D eigenvalue weighted by molar-refractivity contribution is -0.120. The van der Waals surface area contributed by atoms with E-state index in [0.29, 0.717) is 28.2 Å². The average molecular weight is 513 g/mol. The number of benzene rings is 3. The second kappa shape index (κ2) is 12.1. The van der Waals surface area contributed by atoms with Crippen molar-refractivity contribution < 1.29 is 14.3 Å². The van der Waals surface area contributed by atoms with Crippen LogP contribution >= 0.6 is 23.2 Å². The number of hydrogen-bond donors (Lipinski definition) is 1. The van der Waals surface area contributed by atoms with Gasteiger partial charge in [-0.25, -0.2) is 5.43 Å². The van der Waals surface area contributed by atoms with Crippen LogP contribution in [0.3, 0.4) is 0 Å². The quantitative estimate of drug-likeness (QED) is 0.249. The van der Waals surface area contributed by atoms with E-state index < -0.39 is 0 Å². The second-order valence-corrected chi connectivity index (χ2v) is 9.92. The van der Waals surface area contributed by atoms with Gasteiger partial charge in [-0.05, 0) is 59.4 Å². The zero-order chi connectivity index (χ0) is 25.4. The molecule has 0 aliphatic rings. The van der Waals surface area contributed by atoms with Crippen molar-refractivity contribution in [1.29, 1.82) is 0 Å². The minimum absolute atomic E-state index is 0.0783. The number of hydrazone groups is 1. The first kappa shape index (κ1) is 26.6. The van der Waals surface area contributed by atoms with Gasteiger partial charge in [0.25, 0.3) is 0 Å². The Morgan fingerprint density at radius 2 is 1.71 bits per heavy atom. The molecule has 0 atom stereocenters. The van der Waals surface area contributed by atoms with Crippen molar-refractivity contribution in [2.24, 2.45) is 5.10 Å². The summed E-state index contributed by atoms with van der Waals surface area (Å²) in [5, 5.41) is 5.20. The molecule has 3 aromatic carbocycles. The highest BCUT2D eigenvalue weighted by Crippen LogP contribution is 2.30. The van der Waals surface area contributed by atoms with E-state index in [1.54, 1.807) is 24.4 Å². The van der Waals surface area contributed by atoms with Crippen molar-refractivity contribution in [3.63, 3.8) is 0 Å². The van der Waals surface area contributed by atoms with Crippen LogP contribution in [0.5, 0.6) is 11.5 Å². The lowest BCUT2D eigenvalue weighted by atomic mass is 9.86. The fraction of sp³-hybridized carbons (Fsp3) is 0.286. The van der Waals surface area contributed by atoms with Gasteiger partial charge < -0.3 is 9.47 Å². The number of hydrogen-bond acceptors (Lipinski definition) is 4. The maximum Gasteiger partial charge on any atom is 0.244 e. The van der Waals surface area contributed by atoms with Gasteiger partial charge in [-0.3, -0.25) is 4.79 Å². The molecule has 35 heavy (non-hydrogen) atoms. The van der Waals surface area contributed by atoms with Crippen LogP contribution in [0.1, 0.15) is 49.9 Å². The van der Waals surface area contributed by atoms with Crippen LogP contribution in [-0.2, 0) is 23.2 Å². The number of halogens is 2. The van der Waals surface area contributed by atoms with Crippen LogP contribution in [-0.4, -0.2) is 18.7 Å². The molecule has 0 saturated carbocycles. The first-order valence-electron chi connectivity index (χ1n) is 11.4. The fourth-order valence-electron chi connectivity index (χ4n) is 3.31. The minimum atomic E-state index is -0.186. The second-order valence-electron chi connectivity index (χ2n) is 9.08. The van der Waals surface area contributed by atoms with Gasteiger partial charge in [0, 0.05) is 15.6 Å². The summed E-state index contributed by atoms with van der Waals surface area (Å²) < 4.78 is 11.7. The minimum Gasteiger partial charge on any atom is -0.490 e. The summed E-state index contributed by atoms with van der Waals surface area (Å²) in [5.41, 5.74) is 6.41. The molecular weight excluding hydrogens is 483 g/mol. The van der Waals surface area contributed by atoms with E-state index in [1.807, 2.05) is 37.3 Å². The molecule has 0 heterocycles. The number of ether oxygens (including phenoxy) is 2. The van der Waals surface area contributed by atoms with Gasteiger partial charge in [0.1, 0.15) is 6.61 Å². The molecule has 184 valence electrons. The van der Waals surface area contributed by atoms with E-state index in [0.717, 1.165) is 16.7 Å². The fourth-order valence-corrected chi connectivity index (χ4v) is 3.78. The number of nitrogens with one attached hydrogen (secondary N) is 1. The molecule has 0 bridgehead atoms. The number of amides is 1. The summed E-state index contributed by atoms with van der Waals surface area (Å²) in [5.74, 6) is 0.971. The lowest BCUT2D eigenvalue weighted by Crippen LogP contribution is -2.20. The summed E-state index contributed by atoms with van der Waals surface area (Å²) in [6.45, 7) is 9.13. The first-order valence-corrected chi connectivity index (χ1v) is 12.2. The topological polar surface area (TPSA) is 59.9 Å². The Hall–Kier alpha value is -3.02. The molecule has 3 rings (SSSR count). The van der Waals surface area contributed by atoms with E-state index in [-0.39, 0.29) is 24.3 Å². The van der Waals surface area contributed by atoms with Gasteiger partial charge in [0.2, 0.25) is 5.91 Å². The molecule has 0 unspecified atom stereocenters. The zero-order valence-corrected chi connectivity index (χ0v) is 21.9. The van der Waals surface area contributed by atoms with Crippen LogP contribution < -0.4 is 14.9 Å². The van der Waals surface area contributed by atoms with Gasteiger partial charge in [-0.15, -0.1) is 0 Å². The molecule has 0 fully saturated rings. The van der Waals surface area contributed by atoms with E-state index in [1.165, 1.54) is 5.56 Å². The van der Waals surface area contributed by atoms with Crippen LogP contribution in [0.4, 0.5) is 0 Å². The Kier molecular flexibility index (Phi) is 9.19. The predicted octanol–water partition coefficient (Wildman–Crippen LogP) is 6.96. The van der Waals surface area contributed by atoms with Crippen LogP contribution in [0.15, 0.2) is 65.8 Å². The Balaban J connectivity index is 1.59. The molecule has 5 nitrogen and oxygen atoms in total. The number of nitrogens with zero attached hydrogens (tertiary/aromatic N) is 1.